The van der Waals surface area contributed by atoms with Gasteiger partial charge in [-0.25, -0.2) is 13.2 Å². The summed E-state index contributed by atoms with van der Waals surface area (Å²) in [5.74, 6) is -0.840. The lowest BCUT2D eigenvalue weighted by atomic mass is 10.2. The number of carboxylic acids is 1. The molecule has 2 aromatic carbocycles. The number of aromatic nitrogens is 2. The summed E-state index contributed by atoms with van der Waals surface area (Å²) in [7, 11) is -3.80. The van der Waals surface area contributed by atoms with Gasteiger partial charge in [0.2, 0.25) is 0 Å². The van der Waals surface area contributed by atoms with E-state index in [-0.39, 0.29) is 10.6 Å². The largest absolute Gasteiger partial charge is 0.482 e. The van der Waals surface area contributed by atoms with Crippen molar-refractivity contribution in [1.82, 2.24) is 10.2 Å². The molecular formula is C15H13N3O5S. The number of nitrogens with one attached hydrogen (secondary N) is 2. The topological polar surface area (TPSA) is 121 Å². The molecule has 3 aromatic rings. The third-order valence-corrected chi connectivity index (χ3v) is 4.60. The first kappa shape index (κ1) is 15.8. The van der Waals surface area contributed by atoms with E-state index in [0.717, 1.165) is 5.39 Å². The molecule has 0 radical (unpaired) electrons. The van der Waals surface area contributed by atoms with E-state index in [4.69, 9.17) is 9.84 Å². The van der Waals surface area contributed by atoms with Crippen molar-refractivity contribution in [3.63, 3.8) is 0 Å². The minimum absolute atomic E-state index is 0.0293. The first-order valence-corrected chi connectivity index (χ1v) is 8.33. The van der Waals surface area contributed by atoms with Crippen molar-refractivity contribution in [3.05, 3.63) is 48.7 Å². The van der Waals surface area contributed by atoms with E-state index >= 15 is 0 Å². The Hall–Kier alpha value is -3.07. The van der Waals surface area contributed by atoms with E-state index < -0.39 is 22.6 Å². The number of aromatic amines is 1. The summed E-state index contributed by atoms with van der Waals surface area (Å²) in [4.78, 5) is 10.5. The number of sulfonamides is 1. The molecular weight excluding hydrogens is 334 g/mol. The normalized spacial score (nSPS) is 11.3. The molecule has 0 saturated heterocycles. The fourth-order valence-electron chi connectivity index (χ4n) is 2.12. The highest BCUT2D eigenvalue weighted by molar-refractivity contribution is 7.92. The van der Waals surface area contributed by atoms with Crippen LogP contribution in [0, 0.1) is 0 Å². The van der Waals surface area contributed by atoms with Crippen molar-refractivity contribution in [2.75, 3.05) is 11.3 Å². The molecule has 8 nitrogen and oxygen atoms in total. The zero-order valence-corrected chi connectivity index (χ0v) is 13.1. The SMILES string of the molecule is O=C(O)COc1ccc(S(=O)(=O)Nc2cccc3cn[nH]c23)cc1. The van der Waals surface area contributed by atoms with Crippen molar-refractivity contribution in [2.45, 2.75) is 4.90 Å². The summed E-state index contributed by atoms with van der Waals surface area (Å²) in [6.07, 6.45) is 1.60. The summed E-state index contributed by atoms with van der Waals surface area (Å²) in [5, 5.41) is 16.0. The van der Waals surface area contributed by atoms with E-state index in [0.29, 0.717) is 11.2 Å². The van der Waals surface area contributed by atoms with Gasteiger partial charge in [0.1, 0.15) is 5.75 Å². The van der Waals surface area contributed by atoms with E-state index in [2.05, 4.69) is 14.9 Å². The van der Waals surface area contributed by atoms with Gasteiger partial charge in [-0.15, -0.1) is 0 Å². The van der Waals surface area contributed by atoms with Crippen molar-refractivity contribution in [2.24, 2.45) is 0 Å². The number of fused-ring (bicyclic) bond motifs is 1. The monoisotopic (exact) mass is 347 g/mol. The highest BCUT2D eigenvalue weighted by Gasteiger charge is 2.16. The van der Waals surface area contributed by atoms with Crippen LogP contribution in [0.3, 0.4) is 0 Å². The van der Waals surface area contributed by atoms with Gasteiger partial charge in [0.15, 0.2) is 6.61 Å². The van der Waals surface area contributed by atoms with Crippen molar-refractivity contribution in [1.29, 1.82) is 0 Å². The standard InChI is InChI=1S/C15H13N3O5S/c19-14(20)9-23-11-4-6-12(7-5-11)24(21,22)18-13-3-1-2-10-8-16-17-15(10)13/h1-8,18H,9H2,(H,16,17)(H,19,20). The fourth-order valence-corrected chi connectivity index (χ4v) is 3.19. The zero-order chi connectivity index (χ0) is 17.2. The van der Waals surface area contributed by atoms with Crippen LogP contribution in [0.1, 0.15) is 0 Å². The van der Waals surface area contributed by atoms with Crippen LogP contribution in [-0.2, 0) is 14.8 Å². The van der Waals surface area contributed by atoms with Crippen molar-refractivity contribution in [3.8, 4) is 5.75 Å². The third-order valence-electron chi connectivity index (χ3n) is 3.22. The lowest BCUT2D eigenvalue weighted by molar-refractivity contribution is -0.139. The van der Waals surface area contributed by atoms with E-state index in [1.54, 1.807) is 18.3 Å². The predicted octanol–water partition coefficient (Wildman–Crippen LogP) is 1.83. The lowest BCUT2D eigenvalue weighted by Gasteiger charge is -2.09. The number of nitrogens with zero attached hydrogens (tertiary/aromatic N) is 1. The number of H-pyrrole nitrogens is 1. The molecule has 124 valence electrons. The maximum absolute atomic E-state index is 12.5. The molecule has 24 heavy (non-hydrogen) atoms. The van der Waals surface area contributed by atoms with Crippen molar-refractivity contribution < 1.29 is 23.1 Å². The minimum Gasteiger partial charge on any atom is -0.482 e. The second-order valence-electron chi connectivity index (χ2n) is 4.90. The Balaban J connectivity index is 1.82. The van der Waals surface area contributed by atoms with Gasteiger partial charge in [0.05, 0.1) is 22.3 Å². The first-order valence-electron chi connectivity index (χ1n) is 6.85. The van der Waals surface area contributed by atoms with E-state index in [1.807, 2.05) is 6.07 Å². The van der Waals surface area contributed by atoms with Gasteiger partial charge in [-0.3, -0.25) is 9.82 Å². The predicted molar refractivity (Wildman–Crippen MR) is 86.5 cm³/mol. The maximum Gasteiger partial charge on any atom is 0.341 e. The second-order valence-corrected chi connectivity index (χ2v) is 6.58. The Kier molecular flexibility index (Phi) is 4.09. The van der Waals surface area contributed by atoms with Crippen LogP contribution in [0.15, 0.2) is 53.6 Å². The smallest absolute Gasteiger partial charge is 0.341 e. The molecule has 0 aliphatic carbocycles. The molecule has 9 heteroatoms. The van der Waals surface area contributed by atoms with Gasteiger partial charge in [-0.1, -0.05) is 12.1 Å². The molecule has 0 spiro atoms. The van der Waals surface area contributed by atoms with E-state index in [9.17, 15) is 13.2 Å². The van der Waals surface area contributed by atoms with Crippen LogP contribution in [0.5, 0.6) is 5.75 Å². The molecule has 1 aromatic heterocycles. The number of carbonyl (C=O) groups is 1. The Morgan fingerprint density at radius 3 is 2.67 bits per heavy atom. The average molecular weight is 347 g/mol. The second kappa shape index (κ2) is 6.20. The molecule has 3 N–H and O–H groups in total. The first-order chi connectivity index (χ1) is 11.5. The number of hydrogen-bond donors (Lipinski definition) is 3. The van der Waals surface area contributed by atoms with Crippen LogP contribution in [0.4, 0.5) is 5.69 Å². The lowest BCUT2D eigenvalue weighted by Crippen LogP contribution is -2.13. The summed E-state index contributed by atoms with van der Waals surface area (Å²) in [6.45, 7) is -0.494. The van der Waals surface area contributed by atoms with Crippen LogP contribution in [0.2, 0.25) is 0 Å². The van der Waals surface area contributed by atoms with Gasteiger partial charge in [0, 0.05) is 5.39 Å². The Morgan fingerprint density at radius 2 is 1.96 bits per heavy atom. The van der Waals surface area contributed by atoms with Gasteiger partial charge in [0.25, 0.3) is 10.0 Å². The van der Waals surface area contributed by atoms with Gasteiger partial charge >= 0.3 is 5.97 Å². The highest BCUT2D eigenvalue weighted by atomic mass is 32.2. The Bertz CT molecular complexity index is 980. The molecule has 0 fully saturated rings. The number of para-hydroxylation sites is 1. The summed E-state index contributed by atoms with van der Waals surface area (Å²) < 4.78 is 32.4. The number of hydrogen-bond acceptors (Lipinski definition) is 5. The zero-order valence-electron chi connectivity index (χ0n) is 12.3. The van der Waals surface area contributed by atoms with Crippen LogP contribution < -0.4 is 9.46 Å². The Labute approximate surface area is 137 Å². The van der Waals surface area contributed by atoms with Gasteiger partial charge in [-0.05, 0) is 30.3 Å². The molecule has 0 unspecified atom stereocenters. The molecule has 0 bridgehead atoms. The number of anilines is 1. The number of aliphatic carboxylic acids is 1. The summed E-state index contributed by atoms with van der Waals surface area (Å²) in [5.41, 5.74) is 0.971. The number of carboxylic acid groups (broad SMARTS) is 1. The molecule has 0 aliphatic heterocycles. The van der Waals surface area contributed by atoms with Gasteiger partial charge < -0.3 is 9.84 Å². The van der Waals surface area contributed by atoms with Crippen molar-refractivity contribution >= 4 is 32.6 Å². The number of ether oxygens (including phenoxy) is 1. The third kappa shape index (κ3) is 3.30. The number of benzene rings is 2. The Morgan fingerprint density at radius 1 is 1.21 bits per heavy atom. The van der Waals surface area contributed by atoms with Crippen LogP contribution >= 0.6 is 0 Å². The van der Waals surface area contributed by atoms with Crippen LogP contribution in [0.25, 0.3) is 10.9 Å². The molecule has 1 heterocycles. The maximum atomic E-state index is 12.5. The molecule has 0 amide bonds. The molecule has 3 rings (SSSR count). The molecule has 0 aliphatic rings. The quantitative estimate of drug-likeness (QED) is 0.625. The minimum atomic E-state index is -3.80. The number of rotatable bonds is 6. The summed E-state index contributed by atoms with van der Waals surface area (Å²) in [6, 6.07) is 10.6. The van der Waals surface area contributed by atoms with Gasteiger partial charge in [-0.2, -0.15) is 5.10 Å². The summed E-state index contributed by atoms with van der Waals surface area (Å²) >= 11 is 0. The molecule has 0 atom stereocenters. The van der Waals surface area contributed by atoms with E-state index in [1.165, 1.54) is 24.3 Å². The fraction of sp³-hybridized carbons (Fsp3) is 0.0667. The van der Waals surface area contributed by atoms with Crippen LogP contribution in [-0.4, -0.2) is 36.3 Å². The molecule has 0 saturated carbocycles. The highest BCUT2D eigenvalue weighted by Crippen LogP contribution is 2.24. The average Bonchev–Trinajstić information content (AvgIpc) is 3.03.